The molecule has 1 saturated carbocycles. The fourth-order valence-corrected chi connectivity index (χ4v) is 3.34. The van der Waals surface area contributed by atoms with Gasteiger partial charge in [0.1, 0.15) is 16.8 Å². The molecule has 4 heterocycles. The highest BCUT2D eigenvalue weighted by molar-refractivity contribution is 6.29. The zero-order valence-corrected chi connectivity index (χ0v) is 15.7. The third-order valence-corrected chi connectivity index (χ3v) is 5.05. The molecule has 0 bridgehead atoms. The molecule has 0 aromatic carbocycles. The third kappa shape index (κ3) is 2.82. The number of hydrogen-bond acceptors (Lipinski definition) is 6. The topological polar surface area (TPSA) is 97.1 Å². The Balaban J connectivity index is 1.67. The summed E-state index contributed by atoms with van der Waals surface area (Å²) < 4.78 is 1.58. The molecule has 4 aromatic heterocycles. The lowest BCUT2D eigenvalue weighted by molar-refractivity contribution is -0.117. The average molecular weight is 394 g/mol. The zero-order valence-electron chi connectivity index (χ0n) is 15.0. The first-order valence-corrected chi connectivity index (χ1v) is 9.31. The van der Waals surface area contributed by atoms with E-state index in [0.717, 1.165) is 29.2 Å². The zero-order chi connectivity index (χ0) is 19.3. The molecule has 1 fully saturated rings. The van der Waals surface area contributed by atoms with Crippen molar-refractivity contribution in [2.24, 2.45) is 5.92 Å². The first-order chi connectivity index (χ1) is 13.6. The van der Waals surface area contributed by atoms with Gasteiger partial charge < -0.3 is 10.6 Å². The van der Waals surface area contributed by atoms with Crippen molar-refractivity contribution < 1.29 is 4.79 Å². The van der Waals surface area contributed by atoms with Crippen molar-refractivity contribution in [1.29, 1.82) is 0 Å². The van der Waals surface area contributed by atoms with E-state index < -0.39 is 0 Å². The lowest BCUT2D eigenvalue weighted by atomic mass is 10.1. The van der Waals surface area contributed by atoms with Gasteiger partial charge in [-0.1, -0.05) is 17.7 Å². The highest BCUT2D eigenvalue weighted by Gasteiger charge is 2.30. The van der Waals surface area contributed by atoms with Gasteiger partial charge in [0, 0.05) is 41.7 Å². The van der Waals surface area contributed by atoms with E-state index in [1.54, 1.807) is 30.0 Å². The van der Waals surface area contributed by atoms with Crippen LogP contribution in [0.15, 0.2) is 36.7 Å². The number of nitrogens with one attached hydrogen (secondary N) is 2. The largest absolute Gasteiger partial charge is 0.373 e. The van der Waals surface area contributed by atoms with E-state index >= 15 is 0 Å². The summed E-state index contributed by atoms with van der Waals surface area (Å²) in [6, 6.07) is 7.25. The molecular weight excluding hydrogens is 378 g/mol. The summed E-state index contributed by atoms with van der Waals surface area (Å²) in [6.07, 6.45) is 5.28. The van der Waals surface area contributed by atoms with Gasteiger partial charge in [-0.25, -0.2) is 19.5 Å². The van der Waals surface area contributed by atoms with Crippen molar-refractivity contribution in [1.82, 2.24) is 24.6 Å². The normalized spacial score (nSPS) is 13.8. The molecule has 1 amide bonds. The number of nitrogens with zero attached hydrogens (tertiary/aromatic N) is 5. The maximum atomic E-state index is 12.1. The SMILES string of the molecule is CNc1ncc(-c2nc3cccc(Cl)n3n2)c2cc(NC(=O)C3CC3)ncc12. The summed E-state index contributed by atoms with van der Waals surface area (Å²) in [7, 11) is 1.80. The molecule has 0 saturated heterocycles. The summed E-state index contributed by atoms with van der Waals surface area (Å²) in [5.41, 5.74) is 1.38. The third-order valence-electron chi connectivity index (χ3n) is 4.76. The van der Waals surface area contributed by atoms with Crippen molar-refractivity contribution in [3.8, 4) is 11.4 Å². The van der Waals surface area contributed by atoms with Gasteiger partial charge in [-0.3, -0.25) is 4.79 Å². The minimum Gasteiger partial charge on any atom is -0.373 e. The molecule has 1 aliphatic rings. The van der Waals surface area contributed by atoms with Gasteiger partial charge in [0.25, 0.3) is 0 Å². The molecule has 0 radical (unpaired) electrons. The van der Waals surface area contributed by atoms with Gasteiger partial charge in [0.05, 0.1) is 0 Å². The summed E-state index contributed by atoms with van der Waals surface area (Å²) >= 11 is 6.22. The number of anilines is 2. The first-order valence-electron chi connectivity index (χ1n) is 8.93. The second-order valence-corrected chi connectivity index (χ2v) is 7.09. The smallest absolute Gasteiger partial charge is 0.228 e. The quantitative estimate of drug-likeness (QED) is 0.516. The second-order valence-electron chi connectivity index (χ2n) is 6.70. The molecule has 1 aliphatic carbocycles. The predicted molar refractivity (Wildman–Crippen MR) is 107 cm³/mol. The van der Waals surface area contributed by atoms with Gasteiger partial charge >= 0.3 is 0 Å². The van der Waals surface area contributed by atoms with Crippen LogP contribution in [0.2, 0.25) is 5.15 Å². The fourth-order valence-electron chi connectivity index (χ4n) is 3.14. The number of rotatable bonds is 4. The van der Waals surface area contributed by atoms with E-state index in [1.807, 2.05) is 18.2 Å². The van der Waals surface area contributed by atoms with Crippen LogP contribution in [0.3, 0.4) is 0 Å². The highest BCUT2D eigenvalue weighted by atomic mass is 35.5. The number of amides is 1. The monoisotopic (exact) mass is 393 g/mol. The lowest BCUT2D eigenvalue weighted by Gasteiger charge is -2.10. The molecule has 0 unspecified atom stereocenters. The van der Waals surface area contributed by atoms with Crippen molar-refractivity contribution in [2.45, 2.75) is 12.8 Å². The predicted octanol–water partition coefficient (Wildman–Crippen LogP) is 3.38. The van der Waals surface area contributed by atoms with Crippen molar-refractivity contribution in [3.05, 3.63) is 41.8 Å². The van der Waals surface area contributed by atoms with E-state index in [4.69, 9.17) is 11.6 Å². The number of pyridine rings is 3. The van der Waals surface area contributed by atoms with Crippen molar-refractivity contribution in [3.63, 3.8) is 0 Å². The van der Waals surface area contributed by atoms with Crippen LogP contribution in [-0.2, 0) is 4.79 Å². The Bertz CT molecular complexity index is 1230. The van der Waals surface area contributed by atoms with E-state index in [9.17, 15) is 4.79 Å². The van der Waals surface area contributed by atoms with Crippen LogP contribution in [-0.4, -0.2) is 37.5 Å². The number of aromatic nitrogens is 5. The Kier molecular flexibility index (Phi) is 3.87. The summed E-state index contributed by atoms with van der Waals surface area (Å²) in [5.74, 6) is 1.80. The summed E-state index contributed by atoms with van der Waals surface area (Å²) in [4.78, 5) is 25.5. The van der Waals surface area contributed by atoms with E-state index in [2.05, 4.69) is 30.7 Å². The Morgan fingerprint density at radius 2 is 2.07 bits per heavy atom. The fraction of sp³-hybridized carbons (Fsp3) is 0.211. The molecular formula is C19H16ClN7O. The highest BCUT2D eigenvalue weighted by Crippen LogP contribution is 2.33. The van der Waals surface area contributed by atoms with Gasteiger partial charge in [0.15, 0.2) is 11.5 Å². The Morgan fingerprint density at radius 3 is 2.82 bits per heavy atom. The van der Waals surface area contributed by atoms with Crippen LogP contribution in [0, 0.1) is 5.92 Å². The van der Waals surface area contributed by atoms with E-state index in [1.165, 1.54) is 0 Å². The van der Waals surface area contributed by atoms with E-state index in [0.29, 0.717) is 28.3 Å². The van der Waals surface area contributed by atoms with Crippen LogP contribution >= 0.6 is 11.6 Å². The molecule has 8 nitrogen and oxygen atoms in total. The molecule has 140 valence electrons. The van der Waals surface area contributed by atoms with Crippen LogP contribution in [0.25, 0.3) is 27.8 Å². The molecule has 28 heavy (non-hydrogen) atoms. The number of carbonyl (C=O) groups excluding carboxylic acids is 1. The Labute approximate surface area is 165 Å². The summed E-state index contributed by atoms with van der Waals surface area (Å²) in [6.45, 7) is 0. The van der Waals surface area contributed by atoms with Crippen LogP contribution in [0.5, 0.6) is 0 Å². The molecule has 4 aromatic rings. The minimum absolute atomic E-state index is 0.00827. The number of fused-ring (bicyclic) bond motifs is 2. The van der Waals surface area contributed by atoms with Crippen LogP contribution in [0.4, 0.5) is 11.6 Å². The van der Waals surface area contributed by atoms with Gasteiger partial charge in [-0.15, -0.1) is 5.10 Å². The molecule has 9 heteroatoms. The molecule has 0 spiro atoms. The number of hydrogen-bond donors (Lipinski definition) is 2. The van der Waals surface area contributed by atoms with Crippen molar-refractivity contribution in [2.75, 3.05) is 17.7 Å². The first kappa shape index (κ1) is 16.9. The standard InChI is InChI=1S/C19H16ClN7O/c1-21-17-12-8-22-15(24-19(28)10-5-6-10)7-11(12)13(9-23-17)18-25-16-4-2-3-14(20)27(16)26-18/h2-4,7-10H,5-6H2,1H3,(H,21,23)(H,22,24,28). The minimum atomic E-state index is 0.00827. The average Bonchev–Trinajstić information content (AvgIpc) is 3.46. The Hall–Kier alpha value is -3.26. The van der Waals surface area contributed by atoms with Crippen LogP contribution in [0.1, 0.15) is 12.8 Å². The molecule has 2 N–H and O–H groups in total. The second kappa shape index (κ2) is 6.42. The van der Waals surface area contributed by atoms with Crippen molar-refractivity contribution >= 4 is 45.6 Å². The molecule has 0 aliphatic heterocycles. The number of carbonyl (C=O) groups is 1. The summed E-state index contributed by atoms with van der Waals surface area (Å²) in [5, 5.41) is 12.6. The maximum Gasteiger partial charge on any atom is 0.228 e. The van der Waals surface area contributed by atoms with Gasteiger partial charge in [0.2, 0.25) is 5.91 Å². The van der Waals surface area contributed by atoms with E-state index in [-0.39, 0.29) is 11.8 Å². The van der Waals surface area contributed by atoms with Crippen LogP contribution < -0.4 is 10.6 Å². The molecule has 0 atom stereocenters. The maximum absolute atomic E-state index is 12.1. The molecule has 5 rings (SSSR count). The van der Waals surface area contributed by atoms with Gasteiger partial charge in [-0.2, -0.15) is 0 Å². The Morgan fingerprint density at radius 1 is 1.21 bits per heavy atom. The number of halogens is 1. The lowest BCUT2D eigenvalue weighted by Crippen LogP contribution is -2.14. The van der Waals surface area contributed by atoms with Gasteiger partial charge in [-0.05, 0) is 31.0 Å².